The van der Waals surface area contributed by atoms with Crippen LogP contribution < -0.4 is 5.32 Å². The molecule has 2 N–H and O–H groups in total. The summed E-state index contributed by atoms with van der Waals surface area (Å²) in [6, 6.07) is 0. The molecule has 15 heavy (non-hydrogen) atoms. The third-order valence-electron chi connectivity index (χ3n) is 2.60. The average Bonchev–Trinajstić information content (AvgIpc) is 2.14. The predicted molar refractivity (Wildman–Crippen MR) is 55.5 cm³/mol. The van der Waals surface area contributed by atoms with E-state index in [-0.39, 0.29) is 12.5 Å². The van der Waals surface area contributed by atoms with Crippen LogP contribution in [0.15, 0.2) is 0 Å². The highest BCUT2D eigenvalue weighted by molar-refractivity contribution is 5.72. The van der Waals surface area contributed by atoms with E-state index in [2.05, 4.69) is 5.32 Å². The van der Waals surface area contributed by atoms with E-state index in [0.29, 0.717) is 12.5 Å². The molecule has 5 nitrogen and oxygen atoms in total. The van der Waals surface area contributed by atoms with Gasteiger partial charge in [0.25, 0.3) is 0 Å². The van der Waals surface area contributed by atoms with Crippen molar-refractivity contribution >= 4 is 11.9 Å². The molecule has 86 valence electrons. The second-order valence-corrected chi connectivity index (χ2v) is 4.07. The molecule has 0 spiro atoms. The molecule has 0 aromatic heterocycles. The molecule has 1 rings (SSSR count). The molecule has 1 fully saturated rings. The predicted octanol–water partition coefficient (Wildman–Crippen LogP) is -0.0809. The SMILES string of the molecule is CC(=O)NC[C@@H]1CCCN(CC(=O)O)C1. The minimum atomic E-state index is -0.782. The smallest absolute Gasteiger partial charge is 0.317 e. The number of aliphatic carboxylic acids is 1. The molecule has 0 aromatic rings. The molecule has 1 saturated heterocycles. The lowest BCUT2D eigenvalue weighted by atomic mass is 9.98. The van der Waals surface area contributed by atoms with Crippen LogP contribution in [-0.4, -0.2) is 48.1 Å². The summed E-state index contributed by atoms with van der Waals surface area (Å²) >= 11 is 0. The van der Waals surface area contributed by atoms with Crippen molar-refractivity contribution < 1.29 is 14.7 Å². The van der Waals surface area contributed by atoms with Gasteiger partial charge in [-0.25, -0.2) is 0 Å². The fourth-order valence-corrected chi connectivity index (χ4v) is 1.94. The number of carbonyl (C=O) groups excluding carboxylic acids is 1. The number of carboxylic acid groups (broad SMARTS) is 1. The number of hydrogen-bond donors (Lipinski definition) is 2. The number of likely N-dealkylation sites (tertiary alicyclic amines) is 1. The van der Waals surface area contributed by atoms with Crippen LogP contribution in [0.3, 0.4) is 0 Å². The fraction of sp³-hybridized carbons (Fsp3) is 0.800. The maximum Gasteiger partial charge on any atom is 0.317 e. The molecule has 5 heteroatoms. The quantitative estimate of drug-likeness (QED) is 0.686. The summed E-state index contributed by atoms with van der Waals surface area (Å²) in [6.45, 7) is 3.88. The Morgan fingerprint density at radius 2 is 2.27 bits per heavy atom. The third kappa shape index (κ3) is 4.78. The van der Waals surface area contributed by atoms with Gasteiger partial charge in [-0.05, 0) is 25.3 Å². The van der Waals surface area contributed by atoms with Gasteiger partial charge in [-0.2, -0.15) is 0 Å². The Morgan fingerprint density at radius 3 is 2.87 bits per heavy atom. The van der Waals surface area contributed by atoms with Crippen LogP contribution in [0.5, 0.6) is 0 Å². The molecule has 0 bridgehead atoms. The topological polar surface area (TPSA) is 69.6 Å². The van der Waals surface area contributed by atoms with E-state index in [1.54, 1.807) is 0 Å². The highest BCUT2D eigenvalue weighted by Gasteiger charge is 2.21. The number of rotatable bonds is 4. The van der Waals surface area contributed by atoms with Crippen LogP contribution in [0.1, 0.15) is 19.8 Å². The van der Waals surface area contributed by atoms with Gasteiger partial charge in [0.2, 0.25) is 5.91 Å². The second kappa shape index (κ2) is 5.70. The third-order valence-corrected chi connectivity index (χ3v) is 2.60. The summed E-state index contributed by atoms with van der Waals surface area (Å²) in [5, 5.41) is 11.4. The number of amides is 1. The standard InChI is InChI=1S/C10H18N2O3/c1-8(13)11-5-9-3-2-4-12(6-9)7-10(14)15/h9H,2-7H2,1H3,(H,11,13)(H,14,15)/t9-/m0/s1. The Morgan fingerprint density at radius 1 is 1.53 bits per heavy atom. The van der Waals surface area contributed by atoms with E-state index >= 15 is 0 Å². The Balaban J connectivity index is 2.28. The Bertz CT molecular complexity index is 243. The monoisotopic (exact) mass is 214 g/mol. The minimum absolute atomic E-state index is 0.0228. The molecule has 1 amide bonds. The van der Waals surface area contributed by atoms with Crippen molar-refractivity contribution in [1.29, 1.82) is 0 Å². The maximum absolute atomic E-state index is 10.7. The van der Waals surface area contributed by atoms with E-state index in [4.69, 9.17) is 5.11 Å². The first-order valence-corrected chi connectivity index (χ1v) is 5.26. The summed E-state index contributed by atoms with van der Waals surface area (Å²) in [5.74, 6) is -0.414. The molecular formula is C10H18N2O3. The zero-order valence-electron chi connectivity index (χ0n) is 9.03. The van der Waals surface area contributed by atoms with Crippen molar-refractivity contribution in [3.05, 3.63) is 0 Å². The van der Waals surface area contributed by atoms with Crippen LogP contribution >= 0.6 is 0 Å². The molecule has 1 heterocycles. The largest absolute Gasteiger partial charge is 0.480 e. The van der Waals surface area contributed by atoms with Gasteiger partial charge in [-0.15, -0.1) is 0 Å². The number of carbonyl (C=O) groups is 2. The lowest BCUT2D eigenvalue weighted by Crippen LogP contribution is -2.42. The van der Waals surface area contributed by atoms with Crippen LogP contribution in [0, 0.1) is 5.92 Å². The summed E-state index contributed by atoms with van der Waals surface area (Å²) in [4.78, 5) is 23.2. The molecule has 0 aromatic carbocycles. The first-order chi connectivity index (χ1) is 7.08. The van der Waals surface area contributed by atoms with Gasteiger partial charge >= 0.3 is 5.97 Å². The van der Waals surface area contributed by atoms with Crippen molar-refractivity contribution in [3.8, 4) is 0 Å². The van der Waals surface area contributed by atoms with Crippen molar-refractivity contribution in [2.45, 2.75) is 19.8 Å². The van der Waals surface area contributed by atoms with E-state index in [0.717, 1.165) is 25.9 Å². The van der Waals surface area contributed by atoms with E-state index < -0.39 is 5.97 Å². The van der Waals surface area contributed by atoms with Crippen LogP contribution in [0.4, 0.5) is 0 Å². The van der Waals surface area contributed by atoms with Gasteiger partial charge < -0.3 is 10.4 Å². The summed E-state index contributed by atoms with van der Waals surface area (Å²) < 4.78 is 0. The molecule has 0 saturated carbocycles. The summed E-state index contributed by atoms with van der Waals surface area (Å²) in [7, 11) is 0. The highest BCUT2D eigenvalue weighted by atomic mass is 16.4. The average molecular weight is 214 g/mol. The van der Waals surface area contributed by atoms with Crippen LogP contribution in [-0.2, 0) is 9.59 Å². The number of nitrogens with one attached hydrogen (secondary N) is 1. The molecular weight excluding hydrogens is 196 g/mol. The lowest BCUT2D eigenvalue weighted by Gasteiger charge is -2.31. The number of piperidine rings is 1. The van der Waals surface area contributed by atoms with Crippen LogP contribution in [0.2, 0.25) is 0 Å². The number of hydrogen-bond acceptors (Lipinski definition) is 3. The Hall–Kier alpha value is -1.10. The van der Waals surface area contributed by atoms with Crippen molar-refractivity contribution in [1.82, 2.24) is 10.2 Å². The van der Waals surface area contributed by atoms with Crippen molar-refractivity contribution in [2.24, 2.45) is 5.92 Å². The number of nitrogens with zero attached hydrogens (tertiary/aromatic N) is 1. The molecule has 1 aliphatic heterocycles. The molecule has 0 aliphatic carbocycles. The van der Waals surface area contributed by atoms with Gasteiger partial charge in [0.05, 0.1) is 6.54 Å². The highest BCUT2D eigenvalue weighted by Crippen LogP contribution is 2.15. The number of carboxylic acids is 1. The Kier molecular flexibility index (Phi) is 4.55. The minimum Gasteiger partial charge on any atom is -0.480 e. The van der Waals surface area contributed by atoms with E-state index in [1.807, 2.05) is 4.90 Å². The van der Waals surface area contributed by atoms with Gasteiger partial charge in [0.15, 0.2) is 0 Å². The maximum atomic E-state index is 10.7. The van der Waals surface area contributed by atoms with Crippen LogP contribution in [0.25, 0.3) is 0 Å². The zero-order valence-corrected chi connectivity index (χ0v) is 9.03. The molecule has 0 radical (unpaired) electrons. The van der Waals surface area contributed by atoms with Gasteiger partial charge in [0.1, 0.15) is 0 Å². The van der Waals surface area contributed by atoms with Gasteiger partial charge in [0, 0.05) is 20.0 Å². The van der Waals surface area contributed by atoms with E-state index in [1.165, 1.54) is 6.92 Å². The lowest BCUT2D eigenvalue weighted by molar-refractivity contribution is -0.138. The van der Waals surface area contributed by atoms with Crippen molar-refractivity contribution in [2.75, 3.05) is 26.2 Å². The normalized spacial score (nSPS) is 22.3. The molecule has 0 unspecified atom stereocenters. The van der Waals surface area contributed by atoms with Crippen molar-refractivity contribution in [3.63, 3.8) is 0 Å². The Labute approximate surface area is 89.4 Å². The summed E-state index contributed by atoms with van der Waals surface area (Å²) in [6.07, 6.45) is 2.08. The zero-order chi connectivity index (χ0) is 11.3. The molecule has 1 atom stereocenters. The van der Waals surface area contributed by atoms with E-state index in [9.17, 15) is 9.59 Å². The first-order valence-electron chi connectivity index (χ1n) is 5.26. The van der Waals surface area contributed by atoms with Gasteiger partial charge in [-0.3, -0.25) is 14.5 Å². The second-order valence-electron chi connectivity index (χ2n) is 4.07. The fourth-order valence-electron chi connectivity index (χ4n) is 1.94. The first kappa shape index (κ1) is 12.0. The summed E-state index contributed by atoms with van der Waals surface area (Å²) in [5.41, 5.74) is 0. The van der Waals surface area contributed by atoms with Gasteiger partial charge in [-0.1, -0.05) is 0 Å². The molecule has 1 aliphatic rings.